The highest BCUT2D eigenvalue weighted by Gasteiger charge is 2.19. The van der Waals surface area contributed by atoms with E-state index in [1.807, 2.05) is 38.1 Å². The third-order valence-electron chi connectivity index (χ3n) is 4.34. The predicted molar refractivity (Wildman–Crippen MR) is 105 cm³/mol. The maximum atomic E-state index is 12.7. The monoisotopic (exact) mass is 364 g/mol. The maximum Gasteiger partial charge on any atom is 0.348 e. The summed E-state index contributed by atoms with van der Waals surface area (Å²) in [6, 6.07) is 15.0. The molecule has 0 aliphatic heterocycles. The van der Waals surface area contributed by atoms with Gasteiger partial charge in [-0.1, -0.05) is 43.2 Å². The zero-order valence-corrected chi connectivity index (χ0v) is 16.2. The number of carbonyl (C=O) groups is 1. The van der Waals surface area contributed by atoms with Gasteiger partial charge in [0.25, 0.3) is 0 Å². The van der Waals surface area contributed by atoms with Crippen molar-refractivity contribution >= 4 is 5.97 Å². The zero-order valence-electron chi connectivity index (χ0n) is 16.2. The molecule has 0 N–H and O–H groups in total. The number of aromatic nitrogens is 2. The fraction of sp³-hybridized carbons (Fsp3) is 0.273. The van der Waals surface area contributed by atoms with Crippen molar-refractivity contribution in [3.63, 3.8) is 0 Å². The van der Waals surface area contributed by atoms with E-state index in [0.29, 0.717) is 17.2 Å². The number of para-hydroxylation sites is 1. The van der Waals surface area contributed by atoms with Gasteiger partial charge in [0.2, 0.25) is 5.88 Å². The molecule has 0 saturated heterocycles. The molecule has 27 heavy (non-hydrogen) atoms. The molecule has 0 unspecified atom stereocenters. The molecule has 3 aromatic rings. The standard InChI is InChI=1S/C22H24N2O3/c1-5-8-17-14-21(24(23-17)19-12-11-15(2)13-16(19)3)27-22(25)18-9-6-7-10-20(18)26-4/h6-7,9-14H,5,8H2,1-4H3. The van der Waals surface area contributed by atoms with Crippen molar-refractivity contribution in [2.45, 2.75) is 33.6 Å². The van der Waals surface area contributed by atoms with Crippen molar-refractivity contribution in [2.75, 3.05) is 7.11 Å². The summed E-state index contributed by atoms with van der Waals surface area (Å²) in [5, 5.41) is 4.66. The highest BCUT2D eigenvalue weighted by molar-refractivity contribution is 5.93. The summed E-state index contributed by atoms with van der Waals surface area (Å²) in [6.07, 6.45) is 1.78. The van der Waals surface area contributed by atoms with E-state index in [0.717, 1.165) is 29.8 Å². The Morgan fingerprint density at radius 3 is 2.59 bits per heavy atom. The van der Waals surface area contributed by atoms with Gasteiger partial charge in [-0.25, -0.2) is 9.48 Å². The number of carbonyl (C=O) groups excluding carboxylic acids is 1. The lowest BCUT2D eigenvalue weighted by Crippen LogP contribution is -2.13. The smallest absolute Gasteiger partial charge is 0.348 e. The van der Waals surface area contributed by atoms with Crippen molar-refractivity contribution in [1.82, 2.24) is 9.78 Å². The van der Waals surface area contributed by atoms with Crippen LogP contribution in [0.2, 0.25) is 0 Å². The largest absolute Gasteiger partial charge is 0.496 e. The molecule has 5 nitrogen and oxygen atoms in total. The average molecular weight is 364 g/mol. The van der Waals surface area contributed by atoms with E-state index in [4.69, 9.17) is 9.47 Å². The van der Waals surface area contributed by atoms with Crippen molar-refractivity contribution in [2.24, 2.45) is 0 Å². The molecule has 1 aromatic heterocycles. The highest BCUT2D eigenvalue weighted by atomic mass is 16.5. The second kappa shape index (κ2) is 8.08. The number of aryl methyl sites for hydroxylation is 3. The van der Waals surface area contributed by atoms with Crippen LogP contribution in [-0.4, -0.2) is 22.9 Å². The summed E-state index contributed by atoms with van der Waals surface area (Å²) >= 11 is 0. The minimum Gasteiger partial charge on any atom is -0.496 e. The first-order chi connectivity index (χ1) is 13.0. The number of esters is 1. The normalized spacial score (nSPS) is 10.7. The van der Waals surface area contributed by atoms with Gasteiger partial charge >= 0.3 is 5.97 Å². The lowest BCUT2D eigenvalue weighted by molar-refractivity contribution is 0.0719. The second-order valence-corrected chi connectivity index (χ2v) is 6.52. The van der Waals surface area contributed by atoms with Crippen LogP contribution in [0, 0.1) is 13.8 Å². The number of nitrogens with zero attached hydrogens (tertiary/aromatic N) is 2. The van der Waals surface area contributed by atoms with E-state index in [9.17, 15) is 4.79 Å². The van der Waals surface area contributed by atoms with Gasteiger partial charge in [0, 0.05) is 6.07 Å². The lowest BCUT2D eigenvalue weighted by atomic mass is 10.1. The quantitative estimate of drug-likeness (QED) is 0.597. The van der Waals surface area contributed by atoms with Crippen molar-refractivity contribution in [3.05, 3.63) is 70.9 Å². The van der Waals surface area contributed by atoms with Crippen molar-refractivity contribution in [3.8, 4) is 17.3 Å². The Balaban J connectivity index is 2.00. The fourth-order valence-corrected chi connectivity index (χ4v) is 3.04. The van der Waals surface area contributed by atoms with Crippen LogP contribution in [0.4, 0.5) is 0 Å². The summed E-state index contributed by atoms with van der Waals surface area (Å²) in [4.78, 5) is 12.7. The van der Waals surface area contributed by atoms with Crippen LogP contribution < -0.4 is 9.47 Å². The number of hydrogen-bond donors (Lipinski definition) is 0. The third kappa shape index (κ3) is 4.03. The van der Waals surface area contributed by atoms with Crippen molar-refractivity contribution < 1.29 is 14.3 Å². The summed E-state index contributed by atoms with van der Waals surface area (Å²) < 4.78 is 12.7. The lowest BCUT2D eigenvalue weighted by Gasteiger charge is -2.12. The van der Waals surface area contributed by atoms with E-state index in [-0.39, 0.29) is 0 Å². The molecule has 0 amide bonds. The molecule has 0 saturated carbocycles. The van der Waals surface area contributed by atoms with E-state index >= 15 is 0 Å². The molecule has 0 spiro atoms. The molecule has 5 heteroatoms. The van der Waals surface area contributed by atoms with Gasteiger partial charge in [-0.05, 0) is 44.0 Å². The topological polar surface area (TPSA) is 53.4 Å². The van der Waals surface area contributed by atoms with Crippen LogP contribution in [0.25, 0.3) is 5.69 Å². The minimum atomic E-state index is -0.471. The molecular formula is C22H24N2O3. The highest BCUT2D eigenvalue weighted by Crippen LogP contribution is 2.26. The molecule has 0 fully saturated rings. The Kier molecular flexibility index (Phi) is 5.60. The zero-order chi connectivity index (χ0) is 19.4. The first kappa shape index (κ1) is 18.7. The number of rotatable bonds is 6. The summed E-state index contributed by atoms with van der Waals surface area (Å²) in [7, 11) is 1.53. The van der Waals surface area contributed by atoms with Crippen LogP contribution in [0.15, 0.2) is 48.5 Å². The van der Waals surface area contributed by atoms with Gasteiger partial charge < -0.3 is 9.47 Å². The molecule has 2 aromatic carbocycles. The maximum absolute atomic E-state index is 12.7. The second-order valence-electron chi connectivity index (χ2n) is 6.52. The Labute approximate surface area is 159 Å². The van der Waals surface area contributed by atoms with E-state index in [1.165, 1.54) is 12.7 Å². The molecule has 0 atom stereocenters. The van der Waals surface area contributed by atoms with Gasteiger partial charge in [-0.3, -0.25) is 0 Å². The molecule has 0 aliphatic carbocycles. The van der Waals surface area contributed by atoms with Crippen LogP contribution in [0.3, 0.4) is 0 Å². The van der Waals surface area contributed by atoms with Gasteiger partial charge in [0.1, 0.15) is 11.3 Å². The van der Waals surface area contributed by atoms with Gasteiger partial charge in [0.05, 0.1) is 18.5 Å². The van der Waals surface area contributed by atoms with Crippen LogP contribution in [0.1, 0.15) is 40.5 Å². The Bertz CT molecular complexity index is 960. The SMILES string of the molecule is CCCc1cc(OC(=O)c2ccccc2OC)n(-c2ccc(C)cc2C)n1. The van der Waals surface area contributed by atoms with Crippen LogP contribution in [0.5, 0.6) is 11.6 Å². The Hall–Kier alpha value is -3.08. The predicted octanol–water partition coefficient (Wildman–Crippen LogP) is 4.67. The van der Waals surface area contributed by atoms with Gasteiger partial charge in [-0.15, -0.1) is 0 Å². The van der Waals surface area contributed by atoms with Crippen LogP contribution in [-0.2, 0) is 6.42 Å². The van der Waals surface area contributed by atoms with Gasteiger partial charge in [0.15, 0.2) is 0 Å². The number of methoxy groups -OCH3 is 1. The summed E-state index contributed by atoms with van der Waals surface area (Å²) in [5.41, 5.74) is 4.40. The summed E-state index contributed by atoms with van der Waals surface area (Å²) in [5.74, 6) is 0.414. The summed E-state index contributed by atoms with van der Waals surface area (Å²) in [6.45, 7) is 6.16. The first-order valence-corrected chi connectivity index (χ1v) is 9.05. The minimum absolute atomic E-state index is 0.380. The molecule has 0 bridgehead atoms. The third-order valence-corrected chi connectivity index (χ3v) is 4.34. The Morgan fingerprint density at radius 2 is 1.89 bits per heavy atom. The number of hydrogen-bond acceptors (Lipinski definition) is 4. The first-order valence-electron chi connectivity index (χ1n) is 9.05. The molecule has 140 valence electrons. The van der Waals surface area contributed by atoms with Crippen LogP contribution >= 0.6 is 0 Å². The number of benzene rings is 2. The number of ether oxygens (including phenoxy) is 2. The molecule has 1 heterocycles. The van der Waals surface area contributed by atoms with E-state index in [2.05, 4.69) is 18.1 Å². The molecule has 0 radical (unpaired) electrons. The molecule has 3 rings (SSSR count). The van der Waals surface area contributed by atoms with Gasteiger partial charge in [-0.2, -0.15) is 5.10 Å². The average Bonchev–Trinajstić information content (AvgIpc) is 3.04. The molecule has 0 aliphatic rings. The molecular weight excluding hydrogens is 340 g/mol. The fourth-order valence-electron chi connectivity index (χ4n) is 3.04. The van der Waals surface area contributed by atoms with E-state index in [1.54, 1.807) is 22.9 Å². The Morgan fingerprint density at radius 1 is 1.11 bits per heavy atom. The van der Waals surface area contributed by atoms with Crippen molar-refractivity contribution in [1.29, 1.82) is 0 Å². The van der Waals surface area contributed by atoms with E-state index < -0.39 is 5.97 Å².